The number of H-pyrrole nitrogens is 1. The summed E-state index contributed by atoms with van der Waals surface area (Å²) in [6.45, 7) is 4.26. The first-order chi connectivity index (χ1) is 18.5. The highest BCUT2D eigenvalue weighted by Gasteiger charge is 2.31. The van der Waals surface area contributed by atoms with Crippen molar-refractivity contribution in [1.82, 2.24) is 15.3 Å². The molecule has 2 aromatic carbocycles. The summed E-state index contributed by atoms with van der Waals surface area (Å²) in [5, 5.41) is 3.92. The van der Waals surface area contributed by atoms with E-state index >= 15 is 0 Å². The number of unbranched alkanes of at least 4 members (excludes halogenated alkanes) is 1. The number of carbonyl (C=O) groups excluding carboxylic acids is 2. The second-order valence-corrected chi connectivity index (χ2v) is 10.3. The molecule has 1 aliphatic carbocycles. The van der Waals surface area contributed by atoms with Crippen LogP contribution in [0.4, 0.5) is 5.69 Å². The minimum absolute atomic E-state index is 0.0653. The summed E-state index contributed by atoms with van der Waals surface area (Å²) >= 11 is 0. The van der Waals surface area contributed by atoms with Crippen molar-refractivity contribution in [3.8, 4) is 11.1 Å². The van der Waals surface area contributed by atoms with Crippen molar-refractivity contribution in [2.45, 2.75) is 44.9 Å². The SMILES string of the molecule is C=C1CC(NC(=O)C2CC2)=Nc2ccc(-c3ccc4[nH]cc(C(=O)CCCCc5ccncc5)c4c3)cc21. The van der Waals surface area contributed by atoms with Gasteiger partial charge >= 0.3 is 0 Å². The van der Waals surface area contributed by atoms with Crippen LogP contribution in [0, 0.1) is 5.92 Å². The van der Waals surface area contributed by atoms with Gasteiger partial charge in [0, 0.05) is 59.4 Å². The van der Waals surface area contributed by atoms with Gasteiger partial charge in [-0.05, 0) is 90.8 Å². The largest absolute Gasteiger partial charge is 0.360 e. The number of aromatic nitrogens is 2. The number of amides is 1. The fraction of sp³-hybridized carbons (Fsp3) is 0.250. The predicted octanol–water partition coefficient (Wildman–Crippen LogP) is 6.80. The summed E-state index contributed by atoms with van der Waals surface area (Å²) in [7, 11) is 0. The number of aromatic amines is 1. The number of ketones is 1. The number of pyridine rings is 1. The fourth-order valence-electron chi connectivity index (χ4n) is 5.07. The monoisotopic (exact) mass is 502 g/mol. The number of carbonyl (C=O) groups is 2. The van der Waals surface area contributed by atoms with Gasteiger partial charge in [0.15, 0.2) is 5.78 Å². The van der Waals surface area contributed by atoms with Gasteiger partial charge in [0.05, 0.1) is 5.69 Å². The summed E-state index contributed by atoms with van der Waals surface area (Å²) in [6.07, 6.45) is 11.2. The lowest BCUT2D eigenvalue weighted by atomic mass is 9.93. The van der Waals surface area contributed by atoms with E-state index in [-0.39, 0.29) is 17.6 Å². The topological polar surface area (TPSA) is 87.2 Å². The van der Waals surface area contributed by atoms with Gasteiger partial charge in [0.1, 0.15) is 5.84 Å². The Bertz CT molecular complexity index is 1580. The third kappa shape index (κ3) is 5.07. The lowest BCUT2D eigenvalue weighted by molar-refractivity contribution is -0.120. The van der Waals surface area contributed by atoms with Crippen LogP contribution in [0.3, 0.4) is 0 Å². The van der Waals surface area contributed by atoms with Crippen LogP contribution in [0.2, 0.25) is 0 Å². The number of benzene rings is 2. The van der Waals surface area contributed by atoms with Crippen LogP contribution >= 0.6 is 0 Å². The van der Waals surface area contributed by atoms with Crippen LogP contribution in [0.25, 0.3) is 27.6 Å². The number of rotatable bonds is 8. The van der Waals surface area contributed by atoms with E-state index in [0.717, 1.165) is 76.5 Å². The maximum Gasteiger partial charge on any atom is 0.228 e. The number of Topliss-reactive ketones (excluding diaryl/α,β-unsaturated/α-hetero) is 1. The van der Waals surface area contributed by atoms with E-state index in [0.29, 0.717) is 18.7 Å². The summed E-state index contributed by atoms with van der Waals surface area (Å²) in [5.41, 5.74) is 7.79. The number of hydrogen-bond acceptors (Lipinski definition) is 4. The Morgan fingerprint density at radius 2 is 1.79 bits per heavy atom. The Labute approximate surface area is 221 Å². The van der Waals surface area contributed by atoms with Crippen molar-refractivity contribution in [2.24, 2.45) is 10.9 Å². The molecule has 3 heterocycles. The first-order valence-electron chi connectivity index (χ1n) is 13.3. The van der Waals surface area contributed by atoms with Gasteiger partial charge in [-0.25, -0.2) is 4.99 Å². The maximum atomic E-state index is 13.1. The molecular weight excluding hydrogens is 472 g/mol. The zero-order chi connectivity index (χ0) is 26.1. The normalized spacial score (nSPS) is 14.7. The van der Waals surface area contributed by atoms with E-state index in [1.165, 1.54) is 5.56 Å². The molecule has 2 aromatic heterocycles. The molecule has 0 unspecified atom stereocenters. The van der Waals surface area contributed by atoms with E-state index < -0.39 is 0 Å². The fourth-order valence-corrected chi connectivity index (χ4v) is 5.07. The van der Waals surface area contributed by atoms with Gasteiger partial charge in [-0.1, -0.05) is 18.7 Å². The average molecular weight is 503 g/mol. The quantitative estimate of drug-likeness (QED) is 0.205. The molecule has 1 amide bonds. The van der Waals surface area contributed by atoms with E-state index in [4.69, 9.17) is 0 Å². The molecule has 6 heteroatoms. The van der Waals surface area contributed by atoms with Crippen molar-refractivity contribution >= 4 is 39.7 Å². The minimum atomic E-state index is 0.0653. The van der Waals surface area contributed by atoms with Crippen LogP contribution in [0.5, 0.6) is 0 Å². The van der Waals surface area contributed by atoms with E-state index in [2.05, 4.69) is 45.1 Å². The van der Waals surface area contributed by atoms with E-state index in [1.54, 1.807) is 0 Å². The molecule has 0 atom stereocenters. The predicted molar refractivity (Wildman–Crippen MR) is 151 cm³/mol. The van der Waals surface area contributed by atoms with Crippen molar-refractivity contribution in [1.29, 1.82) is 0 Å². The number of nitrogens with one attached hydrogen (secondary N) is 2. The number of amidine groups is 1. The van der Waals surface area contributed by atoms with Gasteiger partial charge in [0.25, 0.3) is 0 Å². The average Bonchev–Trinajstić information content (AvgIpc) is 3.70. The molecule has 1 aliphatic heterocycles. The molecule has 1 saturated carbocycles. The number of aryl methyl sites for hydroxylation is 1. The summed E-state index contributed by atoms with van der Waals surface area (Å²) in [6, 6.07) is 16.4. The molecule has 0 bridgehead atoms. The molecule has 1 fully saturated rings. The molecule has 6 rings (SSSR count). The molecule has 6 nitrogen and oxygen atoms in total. The van der Waals surface area contributed by atoms with Gasteiger partial charge in [-0.15, -0.1) is 0 Å². The number of nitrogens with zero attached hydrogens (tertiary/aromatic N) is 2. The second kappa shape index (κ2) is 10.2. The van der Waals surface area contributed by atoms with Crippen molar-refractivity contribution in [3.63, 3.8) is 0 Å². The molecule has 4 aromatic rings. The Hall–Kier alpha value is -4.32. The maximum absolute atomic E-state index is 13.1. The Balaban J connectivity index is 1.18. The van der Waals surface area contributed by atoms with Crippen molar-refractivity contribution in [2.75, 3.05) is 0 Å². The smallest absolute Gasteiger partial charge is 0.228 e. The Kier molecular flexibility index (Phi) is 6.46. The third-order valence-electron chi connectivity index (χ3n) is 7.41. The first kappa shape index (κ1) is 24.0. The molecule has 0 spiro atoms. The highest BCUT2D eigenvalue weighted by atomic mass is 16.2. The number of aliphatic imine (C=N–C) groups is 1. The highest BCUT2D eigenvalue weighted by Crippen LogP contribution is 2.37. The summed E-state index contributed by atoms with van der Waals surface area (Å²) < 4.78 is 0. The van der Waals surface area contributed by atoms with E-state index in [9.17, 15) is 9.59 Å². The molecule has 0 radical (unpaired) electrons. The highest BCUT2D eigenvalue weighted by molar-refractivity contribution is 6.09. The Morgan fingerprint density at radius 3 is 2.61 bits per heavy atom. The van der Waals surface area contributed by atoms with E-state index in [1.807, 2.05) is 48.9 Å². The Morgan fingerprint density at radius 1 is 1.00 bits per heavy atom. The van der Waals surface area contributed by atoms with Gasteiger partial charge in [-0.3, -0.25) is 14.6 Å². The molecule has 2 aliphatic rings. The number of hydrogen-bond donors (Lipinski definition) is 2. The van der Waals surface area contributed by atoms with Crippen LogP contribution in [0.15, 0.2) is 78.7 Å². The molecule has 2 N–H and O–H groups in total. The lowest BCUT2D eigenvalue weighted by Gasteiger charge is -2.19. The minimum Gasteiger partial charge on any atom is -0.360 e. The molecule has 0 saturated heterocycles. The first-order valence-corrected chi connectivity index (χ1v) is 13.3. The number of fused-ring (bicyclic) bond motifs is 2. The van der Waals surface area contributed by atoms with Gasteiger partial charge in [0.2, 0.25) is 5.91 Å². The lowest BCUT2D eigenvalue weighted by Crippen LogP contribution is -2.32. The van der Waals surface area contributed by atoms with Gasteiger partial charge in [-0.2, -0.15) is 0 Å². The molecule has 38 heavy (non-hydrogen) atoms. The standard InChI is InChI=1S/C32H30N4O2/c1-20-16-31(36-32(38)22-6-7-22)35-29-11-9-23(17-25(20)29)24-8-10-28-26(18-24)27(19-34-28)30(37)5-3-2-4-21-12-14-33-15-13-21/h8-15,17-19,22,34H,1-7,16H2,(H,35,36,38). The second-order valence-electron chi connectivity index (χ2n) is 10.3. The van der Waals surface area contributed by atoms with Crippen LogP contribution < -0.4 is 5.32 Å². The van der Waals surface area contributed by atoms with Crippen molar-refractivity contribution in [3.05, 3.63) is 90.4 Å². The van der Waals surface area contributed by atoms with Crippen LogP contribution in [0.1, 0.15) is 60.0 Å². The summed E-state index contributed by atoms with van der Waals surface area (Å²) in [5.74, 6) is 1.04. The third-order valence-corrected chi connectivity index (χ3v) is 7.41. The molecule has 190 valence electrons. The van der Waals surface area contributed by atoms with Crippen LogP contribution in [-0.4, -0.2) is 27.5 Å². The zero-order valence-electron chi connectivity index (χ0n) is 21.3. The van der Waals surface area contributed by atoms with Gasteiger partial charge < -0.3 is 10.3 Å². The zero-order valence-corrected chi connectivity index (χ0v) is 21.3. The van der Waals surface area contributed by atoms with Crippen molar-refractivity contribution < 1.29 is 9.59 Å². The summed E-state index contributed by atoms with van der Waals surface area (Å²) in [4.78, 5) is 37.3. The van der Waals surface area contributed by atoms with Crippen LogP contribution in [-0.2, 0) is 11.2 Å². The molecular formula is C32H30N4O2.